The minimum atomic E-state index is -4.50. The van der Waals surface area contributed by atoms with Crippen LogP contribution in [0.25, 0.3) is 0 Å². The van der Waals surface area contributed by atoms with Crippen molar-refractivity contribution >= 4 is 15.9 Å². The van der Waals surface area contributed by atoms with Crippen LogP contribution in [0.1, 0.15) is 51.9 Å². The first-order chi connectivity index (χ1) is 11.4. The predicted octanol–water partition coefficient (Wildman–Crippen LogP) is 0.266. The standard InChI is InChI=1S/C17H26O6S.Na/c1-3-4-5-6-7-8-9-16(18)17(22-2)23-14-10-12-15(13-11-14)24(19,20)21;/h10-13,17H,3-9H2,1-2H3,(H,19,20,21);/q;+1/p-1. The van der Waals surface area contributed by atoms with Crippen LogP contribution in [0, 0.1) is 0 Å². The van der Waals surface area contributed by atoms with E-state index in [0.717, 1.165) is 31.4 Å². The maximum atomic E-state index is 12.1. The fourth-order valence-electron chi connectivity index (χ4n) is 2.25. The van der Waals surface area contributed by atoms with Gasteiger partial charge in [-0.25, -0.2) is 8.42 Å². The van der Waals surface area contributed by atoms with Crippen molar-refractivity contribution in [2.24, 2.45) is 0 Å². The molecule has 1 atom stereocenters. The van der Waals surface area contributed by atoms with Crippen molar-refractivity contribution in [3.05, 3.63) is 24.3 Å². The number of carbonyl (C=O) groups excluding carboxylic acids is 1. The number of hydrogen-bond acceptors (Lipinski definition) is 6. The fraction of sp³-hybridized carbons (Fsp3) is 0.588. The average Bonchev–Trinajstić information content (AvgIpc) is 2.55. The minimum absolute atomic E-state index is 0. The molecule has 0 fully saturated rings. The van der Waals surface area contributed by atoms with Gasteiger partial charge in [0.2, 0.25) is 5.78 Å². The van der Waals surface area contributed by atoms with Gasteiger partial charge in [-0.2, -0.15) is 0 Å². The van der Waals surface area contributed by atoms with Gasteiger partial charge in [-0.15, -0.1) is 0 Å². The third kappa shape index (κ3) is 9.72. The summed E-state index contributed by atoms with van der Waals surface area (Å²) in [7, 11) is -3.12. The monoisotopic (exact) mass is 380 g/mol. The van der Waals surface area contributed by atoms with Crippen molar-refractivity contribution in [3.8, 4) is 5.75 Å². The molecule has 0 aromatic heterocycles. The molecule has 6 nitrogen and oxygen atoms in total. The Morgan fingerprint density at radius 3 is 2.16 bits per heavy atom. The summed E-state index contributed by atoms with van der Waals surface area (Å²) >= 11 is 0. The van der Waals surface area contributed by atoms with E-state index in [9.17, 15) is 17.8 Å². The Kier molecular flexibility index (Phi) is 12.6. The second-order valence-electron chi connectivity index (χ2n) is 5.60. The maximum absolute atomic E-state index is 12.1. The first-order valence-corrected chi connectivity index (χ1v) is 9.57. The first-order valence-electron chi connectivity index (χ1n) is 8.16. The summed E-state index contributed by atoms with van der Waals surface area (Å²) in [5.74, 6) is 0.110. The van der Waals surface area contributed by atoms with Crippen molar-refractivity contribution in [1.29, 1.82) is 0 Å². The Hall–Kier alpha value is -0.440. The molecule has 0 bridgehead atoms. The van der Waals surface area contributed by atoms with Gasteiger partial charge in [0.05, 0.1) is 4.90 Å². The number of rotatable bonds is 12. The maximum Gasteiger partial charge on any atom is 1.00 e. The molecule has 0 aliphatic heterocycles. The molecule has 1 rings (SSSR count). The van der Waals surface area contributed by atoms with Gasteiger partial charge in [-0.05, 0) is 30.7 Å². The van der Waals surface area contributed by atoms with E-state index in [4.69, 9.17) is 9.47 Å². The summed E-state index contributed by atoms with van der Waals surface area (Å²) in [5, 5.41) is 0. The zero-order valence-electron chi connectivity index (χ0n) is 15.2. The van der Waals surface area contributed by atoms with Gasteiger partial charge in [0, 0.05) is 13.5 Å². The molecule has 1 aromatic rings. The smallest absolute Gasteiger partial charge is 0.744 e. The second-order valence-corrected chi connectivity index (χ2v) is 6.97. The van der Waals surface area contributed by atoms with Gasteiger partial charge in [-0.3, -0.25) is 4.79 Å². The van der Waals surface area contributed by atoms with Gasteiger partial charge in [-0.1, -0.05) is 39.0 Å². The molecule has 0 heterocycles. The molecule has 0 aliphatic carbocycles. The van der Waals surface area contributed by atoms with Crippen LogP contribution in [0.3, 0.4) is 0 Å². The Bertz CT molecular complexity index is 600. The van der Waals surface area contributed by atoms with Crippen LogP contribution in [0.4, 0.5) is 0 Å². The Balaban J connectivity index is 0.00000576. The van der Waals surface area contributed by atoms with Crippen LogP contribution < -0.4 is 34.3 Å². The van der Waals surface area contributed by atoms with Crippen molar-refractivity contribution in [2.45, 2.75) is 63.1 Å². The summed E-state index contributed by atoms with van der Waals surface area (Å²) in [6, 6.07) is 4.94. The summed E-state index contributed by atoms with van der Waals surface area (Å²) in [6.07, 6.45) is 5.83. The number of benzene rings is 1. The first kappa shape index (κ1) is 24.6. The predicted molar refractivity (Wildman–Crippen MR) is 88.8 cm³/mol. The molecule has 1 unspecified atom stereocenters. The topological polar surface area (TPSA) is 92.7 Å². The molecule has 0 spiro atoms. The number of ketones is 1. The summed E-state index contributed by atoms with van der Waals surface area (Å²) in [4.78, 5) is 11.8. The minimum Gasteiger partial charge on any atom is -0.744 e. The zero-order valence-corrected chi connectivity index (χ0v) is 18.0. The molecule has 0 saturated heterocycles. The average molecular weight is 380 g/mol. The molecule has 25 heavy (non-hydrogen) atoms. The fourth-order valence-corrected chi connectivity index (χ4v) is 2.72. The number of ether oxygens (including phenoxy) is 2. The van der Waals surface area contributed by atoms with Crippen LogP contribution in [-0.4, -0.2) is 32.2 Å². The molecule has 0 N–H and O–H groups in total. The van der Waals surface area contributed by atoms with Crippen LogP contribution >= 0.6 is 0 Å². The molecule has 136 valence electrons. The van der Waals surface area contributed by atoms with Crippen LogP contribution in [0.15, 0.2) is 29.2 Å². The molecule has 8 heteroatoms. The number of Topliss-reactive ketones (excluding diaryl/α,β-unsaturated/α-hetero) is 1. The van der Waals surface area contributed by atoms with E-state index in [1.165, 1.54) is 38.5 Å². The van der Waals surface area contributed by atoms with Crippen LogP contribution in [0.5, 0.6) is 5.75 Å². The number of carbonyl (C=O) groups is 1. The number of methoxy groups -OCH3 is 1. The van der Waals surface area contributed by atoms with Crippen LogP contribution in [-0.2, 0) is 19.6 Å². The van der Waals surface area contributed by atoms with Crippen molar-refractivity contribution in [1.82, 2.24) is 0 Å². The number of unbranched alkanes of at least 4 members (excludes halogenated alkanes) is 5. The van der Waals surface area contributed by atoms with E-state index in [1.54, 1.807) is 0 Å². The molecule has 0 aliphatic rings. The summed E-state index contributed by atoms with van der Waals surface area (Å²) < 4.78 is 43.1. The zero-order chi connectivity index (χ0) is 18.0. The van der Waals surface area contributed by atoms with E-state index >= 15 is 0 Å². The van der Waals surface area contributed by atoms with E-state index < -0.39 is 16.4 Å². The van der Waals surface area contributed by atoms with E-state index in [0.29, 0.717) is 6.42 Å². The van der Waals surface area contributed by atoms with E-state index in [1.807, 2.05) is 0 Å². The van der Waals surface area contributed by atoms with Crippen molar-refractivity contribution in [2.75, 3.05) is 7.11 Å². The molecule has 0 amide bonds. The quantitative estimate of drug-likeness (QED) is 0.224. The van der Waals surface area contributed by atoms with E-state index in [-0.39, 0.29) is 46.0 Å². The molecule has 0 saturated carbocycles. The molecular formula is C17H25NaO6S. The SMILES string of the molecule is CCCCCCCCC(=O)C(OC)Oc1ccc(S(=O)(=O)[O-])cc1.[Na+]. The summed E-state index contributed by atoms with van der Waals surface area (Å²) in [5.41, 5.74) is 0. The van der Waals surface area contributed by atoms with Gasteiger partial charge in [0.1, 0.15) is 15.9 Å². The van der Waals surface area contributed by atoms with Crippen LogP contribution in [0.2, 0.25) is 0 Å². The second kappa shape index (κ2) is 12.8. The molecule has 1 aromatic carbocycles. The van der Waals surface area contributed by atoms with Gasteiger partial charge in [0.15, 0.2) is 0 Å². The van der Waals surface area contributed by atoms with Gasteiger partial charge >= 0.3 is 29.6 Å². The molecule has 0 radical (unpaired) electrons. The Labute approximate surface area is 172 Å². The van der Waals surface area contributed by atoms with Gasteiger partial charge < -0.3 is 14.0 Å². The largest absolute Gasteiger partial charge is 1.00 e. The van der Waals surface area contributed by atoms with Crippen molar-refractivity contribution in [3.63, 3.8) is 0 Å². The van der Waals surface area contributed by atoms with Crippen molar-refractivity contribution < 1.29 is 56.8 Å². The van der Waals surface area contributed by atoms with E-state index in [2.05, 4.69) is 6.92 Å². The summed E-state index contributed by atoms with van der Waals surface area (Å²) in [6.45, 7) is 2.16. The Morgan fingerprint density at radius 1 is 1.08 bits per heavy atom. The third-order valence-electron chi connectivity index (χ3n) is 3.61. The third-order valence-corrected chi connectivity index (χ3v) is 4.46. The normalized spacial score (nSPS) is 12.3. The molecular weight excluding hydrogens is 355 g/mol. The van der Waals surface area contributed by atoms with Gasteiger partial charge in [0.25, 0.3) is 6.29 Å². The Morgan fingerprint density at radius 2 is 1.64 bits per heavy atom. The number of hydrogen-bond donors (Lipinski definition) is 0.